The van der Waals surface area contributed by atoms with Gasteiger partial charge in [-0.2, -0.15) is 5.10 Å². The molecule has 3 aromatic carbocycles. The number of ether oxygens (including phenoxy) is 2. The molecule has 1 amide bonds. The summed E-state index contributed by atoms with van der Waals surface area (Å²) in [5.74, 6) is 0.0469. The van der Waals surface area contributed by atoms with E-state index in [1.807, 2.05) is 0 Å². The van der Waals surface area contributed by atoms with Gasteiger partial charge < -0.3 is 9.47 Å². The molecule has 0 fully saturated rings. The van der Waals surface area contributed by atoms with Crippen molar-refractivity contribution in [3.8, 4) is 11.5 Å². The highest BCUT2D eigenvalue weighted by molar-refractivity contribution is 7.92. The number of hydrazone groups is 1. The Balaban J connectivity index is 1.54. The molecule has 4 rings (SSSR count). The third kappa shape index (κ3) is 5.12. The van der Waals surface area contributed by atoms with Crippen LogP contribution in [0.1, 0.15) is 30.5 Å². The topological polar surface area (TPSA) is 97.3 Å². The average molecular weight is 498 g/mol. The maximum absolute atomic E-state index is 13.3. The second-order valence-corrected chi connectivity index (χ2v) is 9.53. The Bertz CT molecular complexity index is 1370. The average Bonchev–Trinajstić information content (AvgIpc) is 3.30. The number of halogens is 1. The highest BCUT2D eigenvalue weighted by Gasteiger charge is 2.31. The highest BCUT2D eigenvalue weighted by atomic mass is 32.2. The zero-order chi connectivity index (χ0) is 25.2. The summed E-state index contributed by atoms with van der Waals surface area (Å²) in [6, 6.07) is 16.8. The SMILES string of the molecule is COc1ccc(S(=O)(=O)Nc2ccc(C3=NN(C(C)=O)[C@H](c4ccc(F)cc4)C3)cc2)c(OC)c1. The number of sulfonamides is 1. The summed E-state index contributed by atoms with van der Waals surface area (Å²) in [7, 11) is -1.06. The van der Waals surface area contributed by atoms with Gasteiger partial charge >= 0.3 is 0 Å². The van der Waals surface area contributed by atoms with E-state index in [2.05, 4.69) is 9.82 Å². The Morgan fingerprint density at radius 3 is 2.31 bits per heavy atom. The van der Waals surface area contributed by atoms with Gasteiger partial charge in [0, 0.05) is 25.1 Å². The van der Waals surface area contributed by atoms with E-state index in [-0.39, 0.29) is 28.4 Å². The third-order valence-corrected chi connectivity index (χ3v) is 7.04. The summed E-state index contributed by atoms with van der Waals surface area (Å²) in [5.41, 5.74) is 2.54. The first-order valence-electron chi connectivity index (χ1n) is 10.7. The van der Waals surface area contributed by atoms with Gasteiger partial charge in [0.25, 0.3) is 10.0 Å². The van der Waals surface area contributed by atoms with Gasteiger partial charge in [-0.25, -0.2) is 17.8 Å². The predicted molar refractivity (Wildman–Crippen MR) is 130 cm³/mol. The summed E-state index contributed by atoms with van der Waals surface area (Å²) >= 11 is 0. The summed E-state index contributed by atoms with van der Waals surface area (Å²) in [6.45, 7) is 1.42. The minimum Gasteiger partial charge on any atom is -0.497 e. The Hall–Kier alpha value is -3.92. The van der Waals surface area contributed by atoms with E-state index in [9.17, 15) is 17.6 Å². The van der Waals surface area contributed by atoms with Crippen molar-refractivity contribution in [2.75, 3.05) is 18.9 Å². The number of rotatable bonds is 7. The molecule has 8 nitrogen and oxygen atoms in total. The van der Waals surface area contributed by atoms with Crippen molar-refractivity contribution in [1.29, 1.82) is 0 Å². The molecule has 0 aliphatic carbocycles. The van der Waals surface area contributed by atoms with Gasteiger partial charge in [-0.05, 0) is 47.5 Å². The van der Waals surface area contributed by atoms with Crippen LogP contribution < -0.4 is 14.2 Å². The van der Waals surface area contributed by atoms with Crippen molar-refractivity contribution in [3.05, 3.63) is 83.7 Å². The normalized spacial score (nSPS) is 15.5. The number of benzene rings is 3. The fourth-order valence-corrected chi connectivity index (χ4v) is 5.07. The number of hydrogen-bond donors (Lipinski definition) is 1. The first-order chi connectivity index (χ1) is 16.7. The second-order valence-electron chi connectivity index (χ2n) is 7.88. The lowest BCUT2D eigenvalue weighted by Crippen LogP contribution is -2.24. The van der Waals surface area contributed by atoms with Crippen LogP contribution in [0, 0.1) is 5.82 Å². The van der Waals surface area contributed by atoms with Gasteiger partial charge in [-0.3, -0.25) is 9.52 Å². The molecule has 1 atom stereocenters. The van der Waals surface area contributed by atoms with E-state index in [0.717, 1.165) is 11.1 Å². The van der Waals surface area contributed by atoms with E-state index >= 15 is 0 Å². The number of nitrogens with zero attached hydrogens (tertiary/aromatic N) is 2. The largest absolute Gasteiger partial charge is 0.497 e. The molecule has 1 aliphatic rings. The van der Waals surface area contributed by atoms with Gasteiger partial charge in [-0.15, -0.1) is 0 Å². The van der Waals surface area contributed by atoms with Crippen LogP contribution in [0.4, 0.5) is 10.1 Å². The fraction of sp³-hybridized carbons (Fsp3) is 0.200. The molecule has 10 heteroatoms. The monoisotopic (exact) mass is 497 g/mol. The molecule has 1 N–H and O–H groups in total. The molecule has 0 saturated heterocycles. The number of anilines is 1. The fourth-order valence-electron chi connectivity index (χ4n) is 3.86. The van der Waals surface area contributed by atoms with Crippen LogP contribution in [0.25, 0.3) is 0 Å². The molecule has 0 radical (unpaired) electrons. The summed E-state index contributed by atoms with van der Waals surface area (Å²) in [6.07, 6.45) is 0.444. The molecule has 0 spiro atoms. The Morgan fingerprint density at radius 1 is 1.03 bits per heavy atom. The number of nitrogens with one attached hydrogen (secondary N) is 1. The van der Waals surface area contributed by atoms with Crippen LogP contribution in [0.15, 0.2) is 76.7 Å². The van der Waals surface area contributed by atoms with E-state index in [1.165, 1.54) is 56.5 Å². The zero-order valence-electron chi connectivity index (χ0n) is 19.4. The smallest absolute Gasteiger partial charge is 0.265 e. The first-order valence-corrected chi connectivity index (χ1v) is 12.2. The molecule has 0 bridgehead atoms. The van der Waals surface area contributed by atoms with Crippen LogP contribution in [0.2, 0.25) is 0 Å². The van der Waals surface area contributed by atoms with Crippen LogP contribution in [-0.2, 0) is 14.8 Å². The van der Waals surface area contributed by atoms with E-state index in [4.69, 9.17) is 9.47 Å². The van der Waals surface area contributed by atoms with Crippen molar-refractivity contribution in [1.82, 2.24) is 5.01 Å². The van der Waals surface area contributed by atoms with Crippen LogP contribution in [0.3, 0.4) is 0 Å². The Kier molecular flexibility index (Phi) is 6.74. The van der Waals surface area contributed by atoms with Crippen molar-refractivity contribution < 1.29 is 27.1 Å². The standard InChI is InChI=1S/C25H24FN3O5S/c1-16(30)29-23(18-4-8-19(26)9-5-18)15-22(27-29)17-6-10-20(11-7-17)28-35(31,32)25-13-12-21(33-2)14-24(25)34-3/h4-14,23,28H,15H2,1-3H3/t23-/m0/s1. The minimum absolute atomic E-state index is 0.0238. The summed E-state index contributed by atoms with van der Waals surface area (Å²) in [5, 5.41) is 5.85. The number of carbonyl (C=O) groups is 1. The van der Waals surface area contributed by atoms with Crippen molar-refractivity contribution >= 4 is 27.3 Å². The first kappa shape index (κ1) is 24.2. The lowest BCUT2D eigenvalue weighted by atomic mass is 9.98. The Labute approximate surface area is 203 Å². The number of amides is 1. The highest BCUT2D eigenvalue weighted by Crippen LogP contribution is 2.34. The van der Waals surface area contributed by atoms with Crippen molar-refractivity contribution in [2.45, 2.75) is 24.3 Å². The quantitative estimate of drug-likeness (QED) is 0.524. The molecule has 1 aliphatic heterocycles. The molecule has 0 aromatic heterocycles. The molecule has 0 saturated carbocycles. The predicted octanol–water partition coefficient (Wildman–Crippen LogP) is 4.34. The van der Waals surface area contributed by atoms with Crippen LogP contribution in [0.5, 0.6) is 11.5 Å². The molecule has 0 unspecified atom stereocenters. The van der Waals surface area contributed by atoms with Gasteiger partial charge in [0.05, 0.1) is 26.0 Å². The van der Waals surface area contributed by atoms with Crippen LogP contribution in [-0.4, -0.2) is 39.3 Å². The lowest BCUT2D eigenvalue weighted by molar-refractivity contribution is -0.130. The summed E-state index contributed by atoms with van der Waals surface area (Å²) < 4.78 is 52.1. The van der Waals surface area contributed by atoms with Gasteiger partial charge in [0.15, 0.2) is 0 Å². The molecule has 182 valence electrons. The molecule has 3 aromatic rings. The molecular formula is C25H24FN3O5S. The molecular weight excluding hydrogens is 473 g/mol. The lowest BCUT2D eigenvalue weighted by Gasteiger charge is -2.20. The number of methoxy groups -OCH3 is 2. The van der Waals surface area contributed by atoms with E-state index < -0.39 is 10.0 Å². The van der Waals surface area contributed by atoms with Gasteiger partial charge in [0.2, 0.25) is 5.91 Å². The number of hydrogen-bond acceptors (Lipinski definition) is 6. The Morgan fingerprint density at radius 2 is 1.71 bits per heavy atom. The zero-order valence-corrected chi connectivity index (χ0v) is 20.2. The third-order valence-electron chi connectivity index (χ3n) is 5.62. The maximum atomic E-state index is 13.3. The van der Waals surface area contributed by atoms with E-state index in [1.54, 1.807) is 36.4 Å². The van der Waals surface area contributed by atoms with Crippen LogP contribution >= 0.6 is 0 Å². The second kappa shape index (κ2) is 9.75. The van der Waals surface area contributed by atoms with Crippen molar-refractivity contribution in [2.24, 2.45) is 5.10 Å². The van der Waals surface area contributed by atoms with Gasteiger partial charge in [0.1, 0.15) is 22.2 Å². The number of carbonyl (C=O) groups excluding carboxylic acids is 1. The minimum atomic E-state index is -3.93. The maximum Gasteiger partial charge on any atom is 0.265 e. The summed E-state index contributed by atoms with van der Waals surface area (Å²) in [4.78, 5) is 12.1. The molecule has 35 heavy (non-hydrogen) atoms. The molecule has 1 heterocycles. The van der Waals surface area contributed by atoms with E-state index in [0.29, 0.717) is 23.6 Å². The van der Waals surface area contributed by atoms with Gasteiger partial charge in [-0.1, -0.05) is 24.3 Å². The van der Waals surface area contributed by atoms with Crippen molar-refractivity contribution in [3.63, 3.8) is 0 Å².